The van der Waals surface area contributed by atoms with Crippen LogP contribution in [0.15, 0.2) is 0 Å². The Morgan fingerprint density at radius 3 is 2.62 bits per heavy atom. The zero-order valence-electron chi connectivity index (χ0n) is 7.74. The molecular weight excluding hydrogens is 252 g/mol. The summed E-state index contributed by atoms with van der Waals surface area (Å²) in [7, 11) is -2.79. The van der Waals surface area contributed by atoms with Crippen molar-refractivity contribution < 1.29 is 8.42 Å². The summed E-state index contributed by atoms with van der Waals surface area (Å²) in [6.07, 6.45) is 3.30. The number of hydrogen-bond acceptors (Lipinski definition) is 2. The largest absolute Gasteiger partial charge is 0.228 e. The third-order valence-electron chi connectivity index (χ3n) is 3.44. The minimum absolute atomic E-state index is 0.0868. The predicted molar refractivity (Wildman–Crippen MR) is 56.8 cm³/mol. The maximum Gasteiger partial charge on any atom is 0.154 e. The van der Waals surface area contributed by atoms with Crippen LogP contribution in [-0.2, 0) is 9.84 Å². The van der Waals surface area contributed by atoms with Gasteiger partial charge in [-0.15, -0.1) is 0 Å². The van der Waals surface area contributed by atoms with Gasteiger partial charge in [-0.25, -0.2) is 8.42 Å². The van der Waals surface area contributed by atoms with Crippen molar-refractivity contribution in [2.24, 2.45) is 11.8 Å². The smallest absolute Gasteiger partial charge is 0.154 e. The molecule has 1 heterocycles. The van der Waals surface area contributed by atoms with E-state index >= 15 is 0 Å². The van der Waals surface area contributed by atoms with Crippen molar-refractivity contribution in [3.05, 3.63) is 0 Å². The van der Waals surface area contributed by atoms with E-state index in [-0.39, 0.29) is 10.1 Å². The molecule has 0 bridgehead atoms. The molecule has 4 heteroatoms. The molecule has 13 heavy (non-hydrogen) atoms. The molecule has 0 aromatic heterocycles. The van der Waals surface area contributed by atoms with Crippen molar-refractivity contribution in [1.29, 1.82) is 0 Å². The molecule has 2 fully saturated rings. The van der Waals surface area contributed by atoms with Gasteiger partial charge in [0.2, 0.25) is 0 Å². The van der Waals surface area contributed by atoms with E-state index < -0.39 is 9.84 Å². The van der Waals surface area contributed by atoms with Crippen LogP contribution in [0.2, 0.25) is 0 Å². The molecule has 2 rings (SSSR count). The van der Waals surface area contributed by atoms with Crippen molar-refractivity contribution in [2.75, 3.05) is 5.75 Å². The van der Waals surface area contributed by atoms with Gasteiger partial charge in [0, 0.05) is 4.83 Å². The fraction of sp³-hybridized carbons (Fsp3) is 1.00. The zero-order valence-corrected chi connectivity index (χ0v) is 10.1. The summed E-state index contributed by atoms with van der Waals surface area (Å²) in [6.45, 7) is 2.08. The van der Waals surface area contributed by atoms with E-state index in [1.54, 1.807) is 0 Å². The van der Waals surface area contributed by atoms with Gasteiger partial charge in [0.25, 0.3) is 0 Å². The summed E-state index contributed by atoms with van der Waals surface area (Å²) in [5.74, 6) is 1.20. The maximum absolute atomic E-state index is 11.8. The van der Waals surface area contributed by atoms with Gasteiger partial charge < -0.3 is 0 Å². The Morgan fingerprint density at radius 1 is 1.31 bits per heavy atom. The Kier molecular flexibility index (Phi) is 2.47. The Bertz CT molecular complexity index is 299. The zero-order chi connectivity index (χ0) is 9.64. The number of sulfone groups is 1. The van der Waals surface area contributed by atoms with Crippen LogP contribution in [0.3, 0.4) is 0 Å². The average Bonchev–Trinajstić information content (AvgIpc) is 2.24. The second-order valence-electron chi connectivity index (χ2n) is 4.38. The molecular formula is C9H15BrO2S. The highest BCUT2D eigenvalue weighted by Gasteiger charge is 2.49. The van der Waals surface area contributed by atoms with Crippen LogP contribution in [0.1, 0.15) is 26.2 Å². The normalized spacial score (nSPS) is 48.8. The summed E-state index contributed by atoms with van der Waals surface area (Å²) in [5.41, 5.74) is 0. The standard InChI is InChI=1S/C9H15BrO2S/c1-6-5-13(11,12)9-7(6)3-2-4-8(9)10/h6-9H,2-5H2,1H3. The highest BCUT2D eigenvalue weighted by atomic mass is 79.9. The van der Waals surface area contributed by atoms with E-state index in [0.29, 0.717) is 17.6 Å². The number of rotatable bonds is 0. The molecule has 0 aromatic carbocycles. The summed E-state index contributed by atoms with van der Waals surface area (Å²) in [4.78, 5) is 0.209. The monoisotopic (exact) mass is 266 g/mol. The lowest BCUT2D eigenvalue weighted by Gasteiger charge is -2.30. The lowest BCUT2D eigenvalue weighted by molar-refractivity contribution is 0.316. The molecule has 4 unspecified atom stereocenters. The van der Waals surface area contributed by atoms with Gasteiger partial charge in [-0.05, 0) is 24.7 Å². The Balaban J connectivity index is 2.33. The predicted octanol–water partition coefficient (Wildman–Crippen LogP) is 1.98. The fourth-order valence-corrected chi connectivity index (χ4v) is 7.27. The van der Waals surface area contributed by atoms with Crippen molar-refractivity contribution in [3.63, 3.8) is 0 Å². The highest BCUT2D eigenvalue weighted by molar-refractivity contribution is 9.09. The number of hydrogen-bond donors (Lipinski definition) is 0. The molecule has 1 saturated heterocycles. The topological polar surface area (TPSA) is 34.1 Å². The molecule has 0 amide bonds. The minimum Gasteiger partial charge on any atom is -0.228 e. The second kappa shape index (κ2) is 3.23. The lowest BCUT2D eigenvalue weighted by Crippen LogP contribution is -2.36. The van der Waals surface area contributed by atoms with Crippen LogP contribution in [0.5, 0.6) is 0 Å². The van der Waals surface area contributed by atoms with Gasteiger partial charge in [-0.3, -0.25) is 0 Å². The van der Waals surface area contributed by atoms with Crippen molar-refractivity contribution >= 4 is 25.8 Å². The van der Waals surface area contributed by atoms with Crippen molar-refractivity contribution in [2.45, 2.75) is 36.3 Å². The van der Waals surface area contributed by atoms with Gasteiger partial charge in [0.1, 0.15) is 0 Å². The molecule has 4 atom stereocenters. The minimum atomic E-state index is -2.79. The van der Waals surface area contributed by atoms with E-state index in [0.717, 1.165) is 12.8 Å². The number of fused-ring (bicyclic) bond motifs is 1. The molecule has 0 radical (unpaired) electrons. The van der Waals surface area contributed by atoms with E-state index in [1.165, 1.54) is 6.42 Å². The summed E-state index contributed by atoms with van der Waals surface area (Å²) >= 11 is 3.52. The molecule has 1 aliphatic heterocycles. The van der Waals surface area contributed by atoms with Gasteiger partial charge in [-0.2, -0.15) is 0 Å². The number of halogens is 1. The van der Waals surface area contributed by atoms with Crippen LogP contribution in [0, 0.1) is 11.8 Å². The average molecular weight is 267 g/mol. The first-order valence-corrected chi connectivity index (χ1v) is 7.51. The molecule has 0 spiro atoms. The third kappa shape index (κ3) is 1.56. The molecule has 0 N–H and O–H groups in total. The SMILES string of the molecule is CC1CS(=O)(=O)C2C(Br)CCCC12. The summed E-state index contributed by atoms with van der Waals surface area (Å²) < 4.78 is 23.6. The summed E-state index contributed by atoms with van der Waals surface area (Å²) in [6, 6.07) is 0. The Hall–Kier alpha value is 0.430. The first-order chi connectivity index (χ1) is 6.02. The Labute approximate surface area is 88.1 Å². The molecule has 1 aliphatic carbocycles. The van der Waals surface area contributed by atoms with E-state index in [2.05, 4.69) is 22.9 Å². The third-order valence-corrected chi connectivity index (χ3v) is 7.31. The molecule has 1 saturated carbocycles. The maximum atomic E-state index is 11.8. The van der Waals surface area contributed by atoms with Crippen LogP contribution in [0.25, 0.3) is 0 Å². The molecule has 0 aromatic rings. The van der Waals surface area contributed by atoms with Crippen LogP contribution < -0.4 is 0 Å². The lowest BCUT2D eigenvalue weighted by atomic mass is 9.82. The Morgan fingerprint density at radius 2 is 2.00 bits per heavy atom. The van der Waals surface area contributed by atoms with Crippen molar-refractivity contribution in [3.8, 4) is 0 Å². The van der Waals surface area contributed by atoms with Gasteiger partial charge in [0.15, 0.2) is 9.84 Å². The summed E-state index contributed by atoms with van der Waals surface area (Å²) in [5, 5.41) is -0.0868. The second-order valence-corrected chi connectivity index (χ2v) is 7.76. The fourth-order valence-electron chi connectivity index (χ4n) is 2.85. The van der Waals surface area contributed by atoms with Crippen LogP contribution >= 0.6 is 15.9 Å². The van der Waals surface area contributed by atoms with Gasteiger partial charge in [-0.1, -0.05) is 29.3 Å². The molecule has 2 nitrogen and oxygen atoms in total. The molecule has 2 aliphatic rings. The number of alkyl halides is 1. The first-order valence-electron chi connectivity index (χ1n) is 4.88. The van der Waals surface area contributed by atoms with Gasteiger partial charge in [0.05, 0.1) is 11.0 Å². The quantitative estimate of drug-likeness (QED) is 0.629. The van der Waals surface area contributed by atoms with E-state index in [1.807, 2.05) is 0 Å². The van der Waals surface area contributed by atoms with Crippen LogP contribution in [-0.4, -0.2) is 24.2 Å². The van der Waals surface area contributed by atoms with E-state index in [4.69, 9.17) is 0 Å². The van der Waals surface area contributed by atoms with Gasteiger partial charge >= 0.3 is 0 Å². The highest BCUT2D eigenvalue weighted by Crippen LogP contribution is 2.44. The van der Waals surface area contributed by atoms with E-state index in [9.17, 15) is 8.42 Å². The van der Waals surface area contributed by atoms with Crippen molar-refractivity contribution in [1.82, 2.24) is 0 Å². The first kappa shape index (κ1) is 9.97. The molecule has 76 valence electrons. The van der Waals surface area contributed by atoms with Crippen LogP contribution in [0.4, 0.5) is 0 Å².